The Kier molecular flexibility index (Phi) is 5.09. The maximum atomic E-state index is 6.16. The maximum Gasteiger partial charge on any atom is 0.431 e. The second-order valence-corrected chi connectivity index (χ2v) is 9.93. The largest absolute Gasteiger partial charge is 0.431 e. The third-order valence-corrected chi connectivity index (χ3v) is 10.0. The molecule has 2 rings (SSSR count). The van der Waals surface area contributed by atoms with Crippen LogP contribution in [0.15, 0.2) is 0 Å². The molecule has 0 aromatic carbocycles. The fourth-order valence-electron chi connectivity index (χ4n) is 4.51. The Bertz CT molecular complexity index is 286. The molecule has 0 N–H and O–H groups in total. The minimum absolute atomic E-state index is 0.600. The van der Waals surface area contributed by atoms with Crippen molar-refractivity contribution in [2.75, 3.05) is 14.2 Å². The van der Waals surface area contributed by atoms with Crippen LogP contribution in [0.25, 0.3) is 0 Å². The van der Waals surface area contributed by atoms with E-state index in [1.807, 2.05) is 14.2 Å². The molecular weight excluding hydrogens is 254 g/mol. The van der Waals surface area contributed by atoms with Crippen molar-refractivity contribution < 1.29 is 8.85 Å². The van der Waals surface area contributed by atoms with Crippen LogP contribution in [0.4, 0.5) is 0 Å². The standard InChI is InChI=1S/C15H31NO2Si/c1-12-8-6-11-15(12)19(17-4,18-5)16-13(2)9-7-10-14(16)3/h12-15H,6-11H2,1-5H3. The molecule has 1 aliphatic carbocycles. The van der Waals surface area contributed by atoms with Crippen LogP contribution in [0, 0.1) is 5.92 Å². The van der Waals surface area contributed by atoms with Crippen LogP contribution >= 0.6 is 0 Å². The van der Waals surface area contributed by atoms with Gasteiger partial charge in [-0.1, -0.05) is 26.2 Å². The molecule has 1 saturated carbocycles. The molecule has 2 fully saturated rings. The van der Waals surface area contributed by atoms with E-state index in [0.29, 0.717) is 17.6 Å². The van der Waals surface area contributed by atoms with E-state index in [9.17, 15) is 0 Å². The summed E-state index contributed by atoms with van der Waals surface area (Å²) in [4.78, 5) is 0. The van der Waals surface area contributed by atoms with Crippen molar-refractivity contribution in [3.05, 3.63) is 0 Å². The van der Waals surface area contributed by atoms with E-state index < -0.39 is 8.72 Å². The lowest BCUT2D eigenvalue weighted by molar-refractivity contribution is 0.0766. The highest BCUT2D eigenvalue weighted by molar-refractivity contribution is 6.66. The van der Waals surface area contributed by atoms with Gasteiger partial charge in [-0.25, -0.2) is 0 Å². The van der Waals surface area contributed by atoms with E-state index in [4.69, 9.17) is 8.85 Å². The average molecular weight is 286 g/mol. The first-order valence-electron chi connectivity index (χ1n) is 7.95. The summed E-state index contributed by atoms with van der Waals surface area (Å²) in [7, 11) is 1.50. The van der Waals surface area contributed by atoms with Crippen molar-refractivity contribution in [3.63, 3.8) is 0 Å². The molecule has 0 amide bonds. The Balaban J connectivity index is 2.31. The molecule has 1 saturated heterocycles. The minimum Gasteiger partial charge on any atom is -0.386 e. The number of piperidine rings is 1. The van der Waals surface area contributed by atoms with Gasteiger partial charge >= 0.3 is 8.72 Å². The van der Waals surface area contributed by atoms with Crippen molar-refractivity contribution >= 4 is 8.72 Å². The van der Waals surface area contributed by atoms with Crippen molar-refractivity contribution in [1.29, 1.82) is 0 Å². The summed E-state index contributed by atoms with van der Waals surface area (Å²) < 4.78 is 15.0. The normalized spacial score (nSPS) is 37.7. The van der Waals surface area contributed by atoms with Crippen LogP contribution in [0.3, 0.4) is 0 Å². The molecule has 0 aromatic heterocycles. The zero-order valence-electron chi connectivity index (χ0n) is 13.3. The molecule has 112 valence electrons. The van der Waals surface area contributed by atoms with Crippen molar-refractivity contribution in [2.24, 2.45) is 5.92 Å². The van der Waals surface area contributed by atoms with E-state index in [-0.39, 0.29) is 0 Å². The number of nitrogens with zero attached hydrogens (tertiary/aromatic N) is 1. The van der Waals surface area contributed by atoms with Gasteiger partial charge in [0.15, 0.2) is 0 Å². The van der Waals surface area contributed by atoms with E-state index in [1.54, 1.807) is 0 Å². The molecule has 0 radical (unpaired) electrons. The monoisotopic (exact) mass is 285 g/mol. The maximum absolute atomic E-state index is 6.16. The average Bonchev–Trinajstić information content (AvgIpc) is 2.81. The summed E-state index contributed by atoms with van der Waals surface area (Å²) in [5.41, 5.74) is 0.630. The van der Waals surface area contributed by atoms with Gasteiger partial charge in [-0.3, -0.25) is 4.57 Å². The Morgan fingerprint density at radius 1 is 0.842 bits per heavy atom. The van der Waals surface area contributed by atoms with Crippen LogP contribution < -0.4 is 0 Å². The van der Waals surface area contributed by atoms with Crippen LogP contribution in [-0.4, -0.2) is 39.6 Å². The van der Waals surface area contributed by atoms with Gasteiger partial charge in [0, 0.05) is 31.8 Å². The predicted octanol–water partition coefficient (Wildman–Crippen LogP) is 3.67. The van der Waals surface area contributed by atoms with Crippen LogP contribution in [-0.2, 0) is 8.85 Å². The van der Waals surface area contributed by atoms with Gasteiger partial charge in [0.25, 0.3) is 0 Å². The minimum atomic E-state index is -2.27. The molecule has 3 nitrogen and oxygen atoms in total. The third kappa shape index (κ3) is 2.65. The molecule has 4 atom stereocenters. The van der Waals surface area contributed by atoms with Crippen LogP contribution in [0.1, 0.15) is 59.3 Å². The van der Waals surface area contributed by atoms with Gasteiger partial charge in [-0.15, -0.1) is 0 Å². The summed E-state index contributed by atoms with van der Waals surface area (Å²) in [6, 6.07) is 1.20. The zero-order chi connectivity index (χ0) is 14.0. The van der Waals surface area contributed by atoms with Gasteiger partial charge in [0.2, 0.25) is 0 Å². The molecule has 0 bridgehead atoms. The lowest BCUT2D eigenvalue weighted by Gasteiger charge is -2.51. The summed E-state index contributed by atoms with van der Waals surface area (Å²) >= 11 is 0. The quantitative estimate of drug-likeness (QED) is 0.736. The molecule has 1 aliphatic heterocycles. The van der Waals surface area contributed by atoms with E-state index in [2.05, 4.69) is 25.3 Å². The smallest absolute Gasteiger partial charge is 0.386 e. The second-order valence-electron chi connectivity index (χ2n) is 6.59. The molecule has 4 unspecified atom stereocenters. The molecular formula is C15H31NO2Si. The molecule has 19 heavy (non-hydrogen) atoms. The molecule has 0 aromatic rings. The molecule has 2 aliphatic rings. The zero-order valence-corrected chi connectivity index (χ0v) is 14.3. The van der Waals surface area contributed by atoms with Gasteiger partial charge in [0.05, 0.1) is 0 Å². The van der Waals surface area contributed by atoms with E-state index in [1.165, 1.54) is 38.5 Å². The summed E-state index contributed by atoms with van der Waals surface area (Å²) in [6.45, 7) is 7.10. The fraction of sp³-hybridized carbons (Fsp3) is 1.00. The van der Waals surface area contributed by atoms with Crippen molar-refractivity contribution in [1.82, 2.24) is 4.57 Å². The first-order valence-corrected chi connectivity index (χ1v) is 9.79. The highest BCUT2D eigenvalue weighted by Gasteiger charge is 2.57. The number of hydrogen-bond donors (Lipinski definition) is 0. The Hall–Kier alpha value is 0.0969. The topological polar surface area (TPSA) is 21.7 Å². The summed E-state index contributed by atoms with van der Waals surface area (Å²) in [5, 5.41) is 0. The van der Waals surface area contributed by atoms with Gasteiger partial charge < -0.3 is 8.85 Å². The highest BCUT2D eigenvalue weighted by Crippen LogP contribution is 2.47. The van der Waals surface area contributed by atoms with E-state index >= 15 is 0 Å². The van der Waals surface area contributed by atoms with Crippen molar-refractivity contribution in [3.8, 4) is 0 Å². The van der Waals surface area contributed by atoms with Crippen LogP contribution in [0.2, 0.25) is 5.54 Å². The summed E-state index contributed by atoms with van der Waals surface area (Å²) in [5.74, 6) is 0.743. The van der Waals surface area contributed by atoms with Crippen LogP contribution in [0.5, 0.6) is 0 Å². The first kappa shape index (κ1) is 15.5. The highest BCUT2D eigenvalue weighted by atomic mass is 28.4. The second kappa shape index (κ2) is 6.25. The Labute approximate surface area is 120 Å². The summed E-state index contributed by atoms with van der Waals surface area (Å²) in [6.07, 6.45) is 7.87. The third-order valence-electron chi connectivity index (χ3n) is 5.47. The van der Waals surface area contributed by atoms with E-state index in [0.717, 1.165) is 5.92 Å². The molecule has 4 heteroatoms. The Morgan fingerprint density at radius 2 is 1.37 bits per heavy atom. The van der Waals surface area contributed by atoms with Gasteiger partial charge in [-0.2, -0.15) is 0 Å². The first-order chi connectivity index (χ1) is 9.06. The SMILES string of the molecule is CO[Si](OC)(C1CCCC1C)N1C(C)CCCC1C. The lowest BCUT2D eigenvalue weighted by atomic mass is 10.0. The van der Waals surface area contributed by atoms with Crippen molar-refractivity contribution in [2.45, 2.75) is 76.9 Å². The molecule has 1 heterocycles. The lowest BCUT2D eigenvalue weighted by Crippen LogP contribution is -2.67. The predicted molar refractivity (Wildman–Crippen MR) is 81.2 cm³/mol. The Morgan fingerprint density at radius 3 is 1.79 bits per heavy atom. The number of rotatable bonds is 4. The molecule has 0 spiro atoms. The van der Waals surface area contributed by atoms with Gasteiger partial charge in [-0.05, 0) is 39.0 Å². The van der Waals surface area contributed by atoms with Gasteiger partial charge in [0.1, 0.15) is 0 Å². The fourth-order valence-corrected chi connectivity index (χ4v) is 9.03. The number of hydrogen-bond acceptors (Lipinski definition) is 3.